The fraction of sp³-hybridized carbons (Fsp3) is 0.550. The van der Waals surface area contributed by atoms with E-state index in [1.54, 1.807) is 6.33 Å². The van der Waals surface area contributed by atoms with Gasteiger partial charge < -0.3 is 14.8 Å². The van der Waals surface area contributed by atoms with Gasteiger partial charge in [0.15, 0.2) is 5.96 Å². The van der Waals surface area contributed by atoms with Crippen LogP contribution in [-0.4, -0.2) is 70.3 Å². The monoisotopic (exact) mass is 447 g/mol. The second-order valence-corrected chi connectivity index (χ2v) is 7.93. The molecular formula is C20H30BrN7. The van der Waals surface area contributed by atoms with Crippen molar-refractivity contribution in [3.05, 3.63) is 46.5 Å². The van der Waals surface area contributed by atoms with E-state index in [0.29, 0.717) is 6.04 Å². The molecule has 1 aromatic heterocycles. The van der Waals surface area contributed by atoms with Gasteiger partial charge in [0.05, 0.1) is 0 Å². The van der Waals surface area contributed by atoms with E-state index < -0.39 is 0 Å². The molecule has 28 heavy (non-hydrogen) atoms. The quantitative estimate of drug-likeness (QED) is 0.544. The number of aryl methyl sites for hydroxylation is 1. The average molecular weight is 448 g/mol. The second kappa shape index (κ2) is 10.0. The molecule has 0 spiro atoms. The van der Waals surface area contributed by atoms with Gasteiger partial charge in [-0.1, -0.05) is 35.0 Å². The van der Waals surface area contributed by atoms with Crippen molar-refractivity contribution < 1.29 is 0 Å². The molecule has 0 saturated carbocycles. The maximum atomic E-state index is 4.48. The summed E-state index contributed by atoms with van der Waals surface area (Å²) in [4.78, 5) is 9.36. The molecular weight excluding hydrogens is 418 g/mol. The number of nitrogens with zero attached hydrogens (tertiary/aromatic N) is 6. The summed E-state index contributed by atoms with van der Waals surface area (Å²) in [5.74, 6) is 1.99. The third kappa shape index (κ3) is 5.11. The zero-order valence-corrected chi connectivity index (χ0v) is 18.6. The standard InChI is InChI=1S/C20H30BrN7/c1-4-19-25-24-15-28(19)10-9-23-20(22-3)27-13-11-26(12-14-27)16(2)17-5-7-18(21)8-6-17/h5-8,15-16H,4,9-14H2,1-3H3,(H,22,23). The van der Waals surface area contributed by atoms with E-state index in [9.17, 15) is 0 Å². The van der Waals surface area contributed by atoms with E-state index in [1.165, 1.54) is 5.56 Å². The van der Waals surface area contributed by atoms with Crippen LogP contribution in [0.25, 0.3) is 0 Å². The number of aromatic nitrogens is 3. The Morgan fingerprint density at radius 2 is 1.93 bits per heavy atom. The van der Waals surface area contributed by atoms with Crippen LogP contribution in [0.1, 0.15) is 31.3 Å². The van der Waals surface area contributed by atoms with Crippen molar-refractivity contribution in [2.75, 3.05) is 39.8 Å². The molecule has 1 fully saturated rings. The number of rotatable bonds is 6. The highest BCUT2D eigenvalue weighted by molar-refractivity contribution is 9.10. The van der Waals surface area contributed by atoms with Gasteiger partial charge in [0.2, 0.25) is 0 Å². The predicted octanol–water partition coefficient (Wildman–Crippen LogP) is 2.56. The number of hydrogen-bond acceptors (Lipinski definition) is 4. The molecule has 1 aliphatic heterocycles. The smallest absolute Gasteiger partial charge is 0.193 e. The highest BCUT2D eigenvalue weighted by Gasteiger charge is 2.23. The minimum Gasteiger partial charge on any atom is -0.354 e. The summed E-state index contributed by atoms with van der Waals surface area (Å²) in [5.41, 5.74) is 1.36. The number of aliphatic imine (C=N–C) groups is 1. The molecule has 1 unspecified atom stereocenters. The van der Waals surface area contributed by atoms with Crippen molar-refractivity contribution in [2.24, 2.45) is 4.99 Å². The van der Waals surface area contributed by atoms with Crippen LogP contribution in [-0.2, 0) is 13.0 Å². The van der Waals surface area contributed by atoms with Gasteiger partial charge in [-0.25, -0.2) is 0 Å². The SMILES string of the molecule is CCc1nncn1CCNC(=NC)N1CCN(C(C)c2ccc(Br)cc2)CC1. The van der Waals surface area contributed by atoms with Gasteiger partial charge >= 0.3 is 0 Å². The molecule has 152 valence electrons. The van der Waals surface area contributed by atoms with E-state index in [-0.39, 0.29) is 0 Å². The van der Waals surface area contributed by atoms with Crippen LogP contribution in [0.5, 0.6) is 0 Å². The third-order valence-corrected chi connectivity index (χ3v) is 5.90. The van der Waals surface area contributed by atoms with Crippen LogP contribution in [0.2, 0.25) is 0 Å². The Labute approximate surface area is 176 Å². The van der Waals surface area contributed by atoms with Gasteiger partial charge in [0.1, 0.15) is 12.2 Å². The van der Waals surface area contributed by atoms with E-state index in [4.69, 9.17) is 0 Å². The van der Waals surface area contributed by atoms with Crippen LogP contribution >= 0.6 is 15.9 Å². The van der Waals surface area contributed by atoms with Crippen molar-refractivity contribution in [3.63, 3.8) is 0 Å². The van der Waals surface area contributed by atoms with Crippen LogP contribution in [0.3, 0.4) is 0 Å². The Morgan fingerprint density at radius 1 is 1.21 bits per heavy atom. The molecule has 1 atom stereocenters. The highest BCUT2D eigenvalue weighted by Crippen LogP contribution is 2.23. The molecule has 1 aromatic carbocycles. The molecule has 2 heterocycles. The molecule has 7 nitrogen and oxygen atoms in total. The zero-order valence-electron chi connectivity index (χ0n) is 17.0. The molecule has 3 rings (SSSR count). The summed E-state index contributed by atoms with van der Waals surface area (Å²) in [6, 6.07) is 9.07. The van der Waals surface area contributed by atoms with Gasteiger partial charge in [-0.3, -0.25) is 9.89 Å². The topological polar surface area (TPSA) is 61.6 Å². The number of nitrogens with one attached hydrogen (secondary N) is 1. The summed E-state index contributed by atoms with van der Waals surface area (Å²) in [7, 11) is 1.86. The molecule has 8 heteroatoms. The summed E-state index contributed by atoms with van der Waals surface area (Å²) < 4.78 is 3.22. The van der Waals surface area contributed by atoms with E-state index in [0.717, 1.165) is 61.9 Å². The normalized spacial score (nSPS) is 17.0. The predicted molar refractivity (Wildman–Crippen MR) is 116 cm³/mol. The van der Waals surface area contributed by atoms with Crippen molar-refractivity contribution in [1.82, 2.24) is 29.9 Å². The van der Waals surface area contributed by atoms with E-state index >= 15 is 0 Å². The van der Waals surface area contributed by atoms with Crippen molar-refractivity contribution >= 4 is 21.9 Å². The van der Waals surface area contributed by atoms with Crippen molar-refractivity contribution in [1.29, 1.82) is 0 Å². The van der Waals surface area contributed by atoms with E-state index in [1.807, 2.05) is 7.05 Å². The molecule has 0 amide bonds. The van der Waals surface area contributed by atoms with Crippen LogP contribution in [0.15, 0.2) is 40.1 Å². The number of halogens is 1. The first-order chi connectivity index (χ1) is 13.6. The largest absolute Gasteiger partial charge is 0.354 e. The molecule has 0 radical (unpaired) electrons. The fourth-order valence-electron chi connectivity index (χ4n) is 3.63. The Balaban J connectivity index is 1.48. The first-order valence-corrected chi connectivity index (χ1v) is 10.7. The van der Waals surface area contributed by atoms with Crippen molar-refractivity contribution in [3.8, 4) is 0 Å². The average Bonchev–Trinajstić information content (AvgIpc) is 3.19. The van der Waals surface area contributed by atoms with Crippen molar-refractivity contribution in [2.45, 2.75) is 32.9 Å². The Kier molecular flexibility index (Phi) is 7.44. The van der Waals surface area contributed by atoms with Crippen LogP contribution in [0, 0.1) is 0 Å². The fourth-order valence-corrected chi connectivity index (χ4v) is 3.90. The second-order valence-electron chi connectivity index (χ2n) is 7.02. The van der Waals surface area contributed by atoms with Gasteiger partial charge in [-0.2, -0.15) is 0 Å². The zero-order chi connectivity index (χ0) is 19.9. The maximum Gasteiger partial charge on any atom is 0.193 e. The summed E-state index contributed by atoms with van der Waals surface area (Å²) >= 11 is 3.51. The highest BCUT2D eigenvalue weighted by atomic mass is 79.9. The minimum absolute atomic E-state index is 0.423. The molecule has 1 N–H and O–H groups in total. The number of benzene rings is 1. The lowest BCUT2D eigenvalue weighted by Crippen LogP contribution is -2.53. The number of hydrogen-bond donors (Lipinski definition) is 1. The Hall–Kier alpha value is -1.93. The third-order valence-electron chi connectivity index (χ3n) is 5.37. The molecule has 0 aliphatic carbocycles. The number of piperazine rings is 1. The summed E-state index contributed by atoms with van der Waals surface area (Å²) in [6.07, 6.45) is 2.69. The van der Waals surface area contributed by atoms with Gasteiger partial charge in [-0.05, 0) is 24.6 Å². The van der Waals surface area contributed by atoms with Gasteiger partial charge in [0.25, 0.3) is 0 Å². The number of guanidine groups is 1. The van der Waals surface area contributed by atoms with Crippen LogP contribution < -0.4 is 5.32 Å². The molecule has 0 bridgehead atoms. The summed E-state index contributed by atoms with van der Waals surface area (Å²) in [5, 5.41) is 11.6. The lowest BCUT2D eigenvalue weighted by molar-refractivity contribution is 0.138. The van der Waals surface area contributed by atoms with Gasteiger partial charge in [-0.15, -0.1) is 10.2 Å². The molecule has 2 aromatic rings. The maximum absolute atomic E-state index is 4.48. The molecule has 1 saturated heterocycles. The lowest BCUT2D eigenvalue weighted by Gasteiger charge is -2.39. The first kappa shape index (κ1) is 20.8. The van der Waals surface area contributed by atoms with Gasteiger partial charge in [0, 0.05) is 63.3 Å². The van der Waals surface area contributed by atoms with Crippen LogP contribution in [0.4, 0.5) is 0 Å². The minimum atomic E-state index is 0.423. The summed E-state index contributed by atoms with van der Waals surface area (Å²) in [6.45, 7) is 10.1. The Morgan fingerprint density at radius 3 is 2.57 bits per heavy atom. The van der Waals surface area contributed by atoms with E-state index in [2.05, 4.69) is 88.9 Å². The Bertz CT molecular complexity index is 763. The first-order valence-electron chi connectivity index (χ1n) is 9.94. The lowest BCUT2D eigenvalue weighted by atomic mass is 10.1. The molecule has 1 aliphatic rings.